The zero-order valence-electron chi connectivity index (χ0n) is 18.7. The molecule has 0 spiro atoms. The molecule has 1 fully saturated rings. The maximum atomic E-state index is 12.7. The minimum Gasteiger partial charge on any atom is -0.493 e. The van der Waals surface area contributed by atoms with Gasteiger partial charge in [-0.2, -0.15) is 0 Å². The van der Waals surface area contributed by atoms with Crippen molar-refractivity contribution in [1.82, 2.24) is 5.32 Å². The molecule has 1 unspecified atom stereocenters. The van der Waals surface area contributed by atoms with Crippen LogP contribution in [0.15, 0.2) is 42.5 Å². The van der Waals surface area contributed by atoms with Crippen LogP contribution in [0.4, 0.5) is 5.69 Å². The molecular formula is C25H32N2O4. The number of hydrogen-bond donors (Lipinski definition) is 2. The van der Waals surface area contributed by atoms with Gasteiger partial charge in [0.25, 0.3) is 5.91 Å². The Hall–Kier alpha value is -3.02. The summed E-state index contributed by atoms with van der Waals surface area (Å²) < 4.78 is 11.6. The number of benzene rings is 2. The summed E-state index contributed by atoms with van der Waals surface area (Å²) in [4.78, 5) is 24.5. The first-order valence-electron chi connectivity index (χ1n) is 10.9. The lowest BCUT2D eigenvalue weighted by atomic mass is 10.1. The van der Waals surface area contributed by atoms with Crippen LogP contribution in [0.5, 0.6) is 11.5 Å². The van der Waals surface area contributed by atoms with Crippen molar-refractivity contribution in [2.75, 3.05) is 12.4 Å². The van der Waals surface area contributed by atoms with Crippen molar-refractivity contribution < 1.29 is 19.1 Å². The first-order chi connectivity index (χ1) is 14.9. The van der Waals surface area contributed by atoms with Crippen LogP contribution < -0.4 is 20.1 Å². The molecule has 1 aliphatic rings. The van der Waals surface area contributed by atoms with Gasteiger partial charge >= 0.3 is 0 Å². The van der Waals surface area contributed by atoms with Gasteiger partial charge in [0.05, 0.1) is 19.3 Å². The molecule has 2 aromatic carbocycles. The van der Waals surface area contributed by atoms with Crippen molar-refractivity contribution in [1.29, 1.82) is 0 Å². The summed E-state index contributed by atoms with van der Waals surface area (Å²) in [6.07, 6.45) is 4.83. The lowest BCUT2D eigenvalue weighted by Gasteiger charge is -2.19. The summed E-state index contributed by atoms with van der Waals surface area (Å²) in [6, 6.07) is 12.5. The Balaban J connectivity index is 1.62. The molecule has 6 nitrogen and oxygen atoms in total. The summed E-state index contributed by atoms with van der Waals surface area (Å²) in [5, 5.41) is 5.83. The number of carbonyl (C=O) groups is 2. The average molecular weight is 425 g/mol. The van der Waals surface area contributed by atoms with E-state index < -0.39 is 0 Å². The predicted molar refractivity (Wildman–Crippen MR) is 122 cm³/mol. The van der Waals surface area contributed by atoms with Gasteiger partial charge < -0.3 is 20.1 Å². The number of rotatable bonds is 8. The van der Waals surface area contributed by atoms with Crippen LogP contribution in [0.1, 0.15) is 68.4 Å². The number of ether oxygens (including phenoxy) is 2. The molecule has 3 rings (SSSR count). The van der Waals surface area contributed by atoms with E-state index in [4.69, 9.17) is 9.47 Å². The lowest BCUT2D eigenvalue weighted by molar-refractivity contribution is -0.118. The van der Waals surface area contributed by atoms with E-state index >= 15 is 0 Å². The van der Waals surface area contributed by atoms with Crippen LogP contribution in [0.25, 0.3) is 0 Å². The number of hydrogen-bond acceptors (Lipinski definition) is 4. The molecular weight excluding hydrogens is 392 g/mol. The maximum Gasteiger partial charge on any atom is 0.251 e. The van der Waals surface area contributed by atoms with E-state index in [0.29, 0.717) is 17.0 Å². The zero-order chi connectivity index (χ0) is 22.4. The number of methoxy groups -OCH3 is 1. The second-order valence-electron chi connectivity index (χ2n) is 8.35. The highest BCUT2D eigenvalue weighted by molar-refractivity contribution is 5.96. The van der Waals surface area contributed by atoms with E-state index in [2.05, 4.69) is 10.6 Å². The molecule has 0 heterocycles. The largest absolute Gasteiger partial charge is 0.493 e. The first kappa shape index (κ1) is 22.7. The topological polar surface area (TPSA) is 76.7 Å². The average Bonchev–Trinajstić information content (AvgIpc) is 3.27. The van der Waals surface area contributed by atoms with Crippen LogP contribution >= 0.6 is 0 Å². The standard InChI is InChI=1S/C25H32N2O4/c1-16(2)24(28)27-20-12-9-18(10-13-20)25(29)26-17(3)19-11-14-22(23(15-19)30-4)31-21-7-5-6-8-21/h9-17,21H,5-8H2,1-4H3,(H,26,29)(H,27,28). The van der Waals surface area contributed by atoms with E-state index in [1.54, 1.807) is 31.4 Å². The molecule has 2 amide bonds. The highest BCUT2D eigenvalue weighted by Crippen LogP contribution is 2.33. The molecule has 0 aromatic heterocycles. The number of anilines is 1. The third-order valence-corrected chi connectivity index (χ3v) is 5.57. The van der Waals surface area contributed by atoms with Crippen molar-refractivity contribution in [3.8, 4) is 11.5 Å². The molecule has 166 valence electrons. The van der Waals surface area contributed by atoms with Gasteiger partial charge in [0.15, 0.2) is 11.5 Å². The summed E-state index contributed by atoms with van der Waals surface area (Å²) in [6.45, 7) is 5.60. The molecule has 0 aliphatic heterocycles. The van der Waals surface area contributed by atoms with Gasteiger partial charge in [0.1, 0.15) is 0 Å². The van der Waals surface area contributed by atoms with E-state index in [9.17, 15) is 9.59 Å². The van der Waals surface area contributed by atoms with E-state index in [1.165, 1.54) is 12.8 Å². The second-order valence-corrected chi connectivity index (χ2v) is 8.35. The van der Waals surface area contributed by atoms with Crippen LogP contribution in [-0.4, -0.2) is 25.0 Å². The smallest absolute Gasteiger partial charge is 0.251 e. The van der Waals surface area contributed by atoms with Gasteiger partial charge in [-0.05, 0) is 74.6 Å². The molecule has 0 radical (unpaired) electrons. The Labute approximate surface area is 184 Å². The van der Waals surface area contributed by atoms with Gasteiger partial charge in [-0.15, -0.1) is 0 Å². The van der Waals surface area contributed by atoms with Crippen molar-refractivity contribution >= 4 is 17.5 Å². The Kier molecular flexibility index (Phi) is 7.55. The molecule has 1 aliphatic carbocycles. The Morgan fingerprint density at radius 3 is 2.26 bits per heavy atom. The minimum absolute atomic E-state index is 0.0554. The molecule has 1 atom stereocenters. The van der Waals surface area contributed by atoms with Crippen LogP contribution in [0.2, 0.25) is 0 Å². The van der Waals surface area contributed by atoms with Crippen LogP contribution in [0.3, 0.4) is 0 Å². The predicted octanol–water partition coefficient (Wildman–Crippen LogP) is 5.10. The molecule has 6 heteroatoms. The van der Waals surface area contributed by atoms with Gasteiger partial charge in [-0.3, -0.25) is 9.59 Å². The number of nitrogens with one attached hydrogen (secondary N) is 2. The van der Waals surface area contributed by atoms with E-state index in [1.807, 2.05) is 39.0 Å². The van der Waals surface area contributed by atoms with Crippen LogP contribution in [0, 0.1) is 5.92 Å². The highest BCUT2D eigenvalue weighted by Gasteiger charge is 2.20. The summed E-state index contributed by atoms with van der Waals surface area (Å²) >= 11 is 0. The Bertz CT molecular complexity index is 902. The second kappa shape index (κ2) is 10.3. The fourth-order valence-electron chi connectivity index (χ4n) is 3.59. The number of carbonyl (C=O) groups excluding carboxylic acids is 2. The number of amides is 2. The maximum absolute atomic E-state index is 12.7. The first-order valence-corrected chi connectivity index (χ1v) is 10.9. The van der Waals surface area contributed by atoms with E-state index in [0.717, 1.165) is 24.2 Å². The lowest BCUT2D eigenvalue weighted by Crippen LogP contribution is -2.26. The Morgan fingerprint density at radius 2 is 1.65 bits per heavy atom. The van der Waals surface area contributed by atoms with Gasteiger partial charge in [0, 0.05) is 17.2 Å². The third kappa shape index (κ3) is 6.00. The van der Waals surface area contributed by atoms with E-state index in [-0.39, 0.29) is 29.9 Å². The SMILES string of the molecule is COc1cc(C(C)NC(=O)c2ccc(NC(=O)C(C)C)cc2)ccc1OC1CCCC1. The zero-order valence-corrected chi connectivity index (χ0v) is 18.7. The summed E-state index contributed by atoms with van der Waals surface area (Å²) in [5.41, 5.74) is 2.14. The summed E-state index contributed by atoms with van der Waals surface area (Å²) in [5.74, 6) is 1.09. The third-order valence-electron chi connectivity index (χ3n) is 5.57. The molecule has 2 aromatic rings. The highest BCUT2D eigenvalue weighted by atomic mass is 16.5. The van der Waals surface area contributed by atoms with Crippen molar-refractivity contribution in [2.45, 2.75) is 58.6 Å². The minimum atomic E-state index is -0.206. The molecule has 2 N–H and O–H groups in total. The van der Waals surface area contributed by atoms with Crippen molar-refractivity contribution in [3.63, 3.8) is 0 Å². The molecule has 0 bridgehead atoms. The summed E-state index contributed by atoms with van der Waals surface area (Å²) in [7, 11) is 1.63. The molecule has 0 saturated heterocycles. The fourth-order valence-corrected chi connectivity index (χ4v) is 3.59. The molecule has 31 heavy (non-hydrogen) atoms. The Morgan fingerprint density at radius 1 is 0.968 bits per heavy atom. The normalized spacial score (nSPS) is 14.9. The monoisotopic (exact) mass is 424 g/mol. The fraction of sp³-hybridized carbons (Fsp3) is 0.440. The quantitative estimate of drug-likeness (QED) is 0.618. The van der Waals surface area contributed by atoms with Gasteiger partial charge in [0.2, 0.25) is 5.91 Å². The van der Waals surface area contributed by atoms with Gasteiger partial charge in [-0.25, -0.2) is 0 Å². The molecule has 1 saturated carbocycles. The van der Waals surface area contributed by atoms with Gasteiger partial charge in [-0.1, -0.05) is 19.9 Å². The van der Waals surface area contributed by atoms with Crippen molar-refractivity contribution in [2.24, 2.45) is 5.92 Å². The van der Waals surface area contributed by atoms with Crippen LogP contribution in [-0.2, 0) is 4.79 Å². The van der Waals surface area contributed by atoms with Crippen molar-refractivity contribution in [3.05, 3.63) is 53.6 Å².